The molecule has 0 atom stereocenters. The van der Waals surface area contributed by atoms with Crippen molar-refractivity contribution in [2.45, 2.75) is 58.0 Å². The number of rotatable bonds is 8. The zero-order valence-corrected chi connectivity index (χ0v) is 16.4. The Kier molecular flexibility index (Phi) is 7.65. The van der Waals surface area contributed by atoms with Crippen LogP contribution in [0.5, 0.6) is 0 Å². The number of nitrogens with zero attached hydrogens (tertiary/aromatic N) is 2. The zero-order chi connectivity index (χ0) is 19.1. The highest BCUT2D eigenvalue weighted by atomic mass is 32.1. The maximum absolute atomic E-state index is 12.6. The fourth-order valence-electron chi connectivity index (χ4n) is 3.31. The highest BCUT2D eigenvalue weighted by Crippen LogP contribution is 2.29. The number of anilines is 2. The first-order chi connectivity index (χ1) is 12.5. The monoisotopic (exact) mass is 383 g/mol. The first-order valence-corrected chi connectivity index (χ1v) is 9.60. The van der Waals surface area contributed by atoms with Gasteiger partial charge in [-0.2, -0.15) is 0 Å². The van der Waals surface area contributed by atoms with Gasteiger partial charge in [-0.3, -0.25) is 14.3 Å². The maximum Gasteiger partial charge on any atom is 0.330 e. The summed E-state index contributed by atoms with van der Waals surface area (Å²) < 4.78 is 6.48. The number of nitrogens with one attached hydrogen (secondary N) is 2. The van der Waals surface area contributed by atoms with Crippen LogP contribution in [0.15, 0.2) is 9.59 Å². The van der Waals surface area contributed by atoms with Crippen molar-refractivity contribution in [2.24, 2.45) is 0 Å². The summed E-state index contributed by atoms with van der Waals surface area (Å²) in [5.41, 5.74) is 5.57. The van der Waals surface area contributed by atoms with Crippen LogP contribution in [0.3, 0.4) is 0 Å². The molecule has 0 spiro atoms. The Morgan fingerprint density at radius 2 is 2.12 bits per heavy atom. The third-order valence-electron chi connectivity index (χ3n) is 4.68. The van der Waals surface area contributed by atoms with Crippen molar-refractivity contribution in [1.82, 2.24) is 14.9 Å². The van der Waals surface area contributed by atoms with Crippen LogP contribution in [0.1, 0.15) is 45.4 Å². The quantitative estimate of drug-likeness (QED) is 0.457. The van der Waals surface area contributed by atoms with Gasteiger partial charge >= 0.3 is 5.69 Å². The molecule has 0 amide bonds. The van der Waals surface area contributed by atoms with Crippen molar-refractivity contribution in [3.8, 4) is 0 Å². The normalized spacial score (nSPS) is 14.5. The van der Waals surface area contributed by atoms with E-state index in [2.05, 4.69) is 10.3 Å². The van der Waals surface area contributed by atoms with E-state index in [-0.39, 0.29) is 17.5 Å². The molecule has 1 aliphatic carbocycles. The Morgan fingerprint density at radius 1 is 1.42 bits per heavy atom. The third kappa shape index (κ3) is 4.64. The van der Waals surface area contributed by atoms with Gasteiger partial charge in [-0.05, 0) is 31.5 Å². The van der Waals surface area contributed by atoms with Gasteiger partial charge < -0.3 is 20.7 Å². The first-order valence-electron chi connectivity index (χ1n) is 9.19. The van der Waals surface area contributed by atoms with Crippen LogP contribution >= 0.6 is 12.2 Å². The molecular formula is C17H29N5O3S. The lowest BCUT2D eigenvalue weighted by Gasteiger charge is -2.32. The van der Waals surface area contributed by atoms with Gasteiger partial charge in [0.05, 0.1) is 6.61 Å². The minimum atomic E-state index is -0.497. The molecule has 0 aliphatic heterocycles. The molecule has 0 aromatic carbocycles. The van der Waals surface area contributed by atoms with Crippen LogP contribution in [0.2, 0.25) is 0 Å². The number of aromatic amines is 1. The number of aromatic nitrogens is 2. The van der Waals surface area contributed by atoms with Crippen LogP contribution in [0.25, 0.3) is 0 Å². The lowest BCUT2D eigenvalue weighted by Crippen LogP contribution is -2.50. The molecule has 26 heavy (non-hydrogen) atoms. The topological polar surface area (TPSA) is 105 Å². The van der Waals surface area contributed by atoms with Crippen molar-refractivity contribution in [3.05, 3.63) is 20.8 Å². The van der Waals surface area contributed by atoms with Crippen molar-refractivity contribution in [1.29, 1.82) is 0 Å². The van der Waals surface area contributed by atoms with Gasteiger partial charge in [-0.15, -0.1) is 0 Å². The van der Waals surface area contributed by atoms with E-state index in [1.165, 1.54) is 4.57 Å². The van der Waals surface area contributed by atoms with Gasteiger partial charge in [0.2, 0.25) is 0 Å². The van der Waals surface area contributed by atoms with Gasteiger partial charge in [-0.1, -0.05) is 26.2 Å². The number of methoxy groups -OCH3 is 1. The predicted molar refractivity (Wildman–Crippen MR) is 108 cm³/mol. The second-order valence-electron chi connectivity index (χ2n) is 6.53. The summed E-state index contributed by atoms with van der Waals surface area (Å²) in [7, 11) is 1.62. The number of thiocarbonyl (C=S) groups is 1. The third-order valence-corrected chi connectivity index (χ3v) is 5.02. The van der Waals surface area contributed by atoms with Gasteiger partial charge in [0.15, 0.2) is 10.8 Å². The van der Waals surface area contributed by atoms with Crippen LogP contribution < -0.4 is 27.2 Å². The highest BCUT2D eigenvalue weighted by Gasteiger charge is 2.30. The average molecular weight is 384 g/mol. The van der Waals surface area contributed by atoms with E-state index in [0.29, 0.717) is 24.8 Å². The maximum atomic E-state index is 12.6. The molecule has 0 saturated heterocycles. The minimum absolute atomic E-state index is 0.0954. The summed E-state index contributed by atoms with van der Waals surface area (Å²) in [6.07, 6.45) is 5.74. The molecule has 1 aromatic rings. The number of ether oxygens (including phenoxy) is 1. The van der Waals surface area contributed by atoms with E-state index >= 15 is 0 Å². The summed E-state index contributed by atoms with van der Waals surface area (Å²) in [4.78, 5) is 29.0. The molecular weight excluding hydrogens is 354 g/mol. The van der Waals surface area contributed by atoms with E-state index in [4.69, 9.17) is 22.7 Å². The molecule has 8 nitrogen and oxygen atoms in total. The second kappa shape index (κ2) is 9.72. The van der Waals surface area contributed by atoms with E-state index < -0.39 is 11.2 Å². The Balaban J connectivity index is 2.44. The molecule has 1 fully saturated rings. The first kappa shape index (κ1) is 20.4. The van der Waals surface area contributed by atoms with E-state index in [1.807, 2.05) is 6.92 Å². The Labute approximate surface area is 158 Å². The number of hydrogen-bond donors (Lipinski definition) is 3. The van der Waals surface area contributed by atoms with Crippen molar-refractivity contribution in [3.63, 3.8) is 0 Å². The predicted octanol–water partition coefficient (Wildman–Crippen LogP) is 1.19. The van der Waals surface area contributed by atoms with Crippen LogP contribution in [0, 0.1) is 0 Å². The second-order valence-corrected chi connectivity index (χ2v) is 6.92. The fraction of sp³-hybridized carbons (Fsp3) is 0.706. The molecule has 1 heterocycles. The Bertz CT molecular complexity index is 724. The average Bonchev–Trinajstić information content (AvgIpc) is 3.12. The van der Waals surface area contributed by atoms with Crippen molar-refractivity contribution < 1.29 is 4.74 Å². The van der Waals surface area contributed by atoms with Crippen LogP contribution in [-0.4, -0.2) is 41.0 Å². The largest absolute Gasteiger partial charge is 0.383 e. The van der Waals surface area contributed by atoms with Gasteiger partial charge in [0.25, 0.3) is 5.56 Å². The Hall–Kier alpha value is -1.87. The molecule has 4 N–H and O–H groups in total. The SMILES string of the molecule is CCCCn1c(N)c(N(C(=S)NCCOC)C2CCCC2)c(=O)[nH]c1=O. The molecule has 1 aliphatic rings. The number of nitrogen functional groups attached to an aromatic ring is 1. The number of nitrogens with two attached hydrogens (primary N) is 1. The molecule has 0 unspecified atom stereocenters. The summed E-state index contributed by atoms with van der Waals surface area (Å²) in [5, 5.41) is 3.56. The molecule has 0 radical (unpaired) electrons. The molecule has 1 saturated carbocycles. The fourth-order valence-corrected chi connectivity index (χ4v) is 3.65. The van der Waals surface area contributed by atoms with E-state index in [1.54, 1.807) is 12.0 Å². The van der Waals surface area contributed by atoms with Crippen molar-refractivity contribution in [2.75, 3.05) is 30.9 Å². The number of hydrogen-bond acceptors (Lipinski definition) is 5. The molecule has 2 rings (SSSR count). The summed E-state index contributed by atoms with van der Waals surface area (Å²) >= 11 is 5.55. The van der Waals surface area contributed by atoms with Crippen LogP contribution in [-0.2, 0) is 11.3 Å². The van der Waals surface area contributed by atoms with Gasteiger partial charge in [-0.25, -0.2) is 4.79 Å². The highest BCUT2D eigenvalue weighted by molar-refractivity contribution is 7.80. The zero-order valence-electron chi connectivity index (χ0n) is 15.5. The lowest BCUT2D eigenvalue weighted by atomic mass is 10.2. The van der Waals surface area contributed by atoms with Crippen LogP contribution in [0.4, 0.5) is 11.5 Å². The van der Waals surface area contributed by atoms with Crippen molar-refractivity contribution >= 4 is 28.8 Å². The smallest absolute Gasteiger partial charge is 0.330 e. The summed E-state index contributed by atoms with van der Waals surface area (Å²) in [5.74, 6) is 0.176. The molecule has 1 aromatic heterocycles. The summed E-state index contributed by atoms with van der Waals surface area (Å²) in [6.45, 7) is 3.53. The van der Waals surface area contributed by atoms with Gasteiger partial charge in [0, 0.05) is 26.2 Å². The standard InChI is InChI=1S/C17H29N5O3S/c1-3-4-10-21-14(18)13(15(23)20-16(21)24)22(12-7-5-6-8-12)17(26)19-9-11-25-2/h12H,3-11,18H2,1-2H3,(H,19,26)(H,20,23,24). The summed E-state index contributed by atoms with van der Waals surface area (Å²) in [6, 6.07) is 0.0954. The molecule has 9 heteroatoms. The number of H-pyrrole nitrogens is 1. The number of unbranched alkanes of at least 4 members (excludes halogenated alkanes) is 1. The van der Waals surface area contributed by atoms with E-state index in [0.717, 1.165) is 38.5 Å². The molecule has 146 valence electrons. The lowest BCUT2D eigenvalue weighted by molar-refractivity contribution is 0.204. The Morgan fingerprint density at radius 3 is 2.73 bits per heavy atom. The van der Waals surface area contributed by atoms with Gasteiger partial charge in [0.1, 0.15) is 5.82 Å². The van der Waals surface area contributed by atoms with E-state index in [9.17, 15) is 9.59 Å². The minimum Gasteiger partial charge on any atom is -0.383 e. The molecule has 0 bridgehead atoms.